The number of phenolic OH excluding ortho intramolecular Hbond substituents is 1. The number of Topliss-reactive ketones (excluding diaryl/α,β-unsaturated/α-hetero) is 1. The summed E-state index contributed by atoms with van der Waals surface area (Å²) in [6, 6.07) is 3.44. The van der Waals surface area contributed by atoms with Crippen LogP contribution in [0.1, 0.15) is 67.8 Å². The Labute approximate surface area is 196 Å². The molecular weight excluding hydrogens is 420 g/mol. The van der Waals surface area contributed by atoms with E-state index >= 15 is 0 Å². The summed E-state index contributed by atoms with van der Waals surface area (Å²) in [7, 11) is 0. The Morgan fingerprint density at radius 3 is 2.52 bits per heavy atom. The lowest BCUT2D eigenvalue weighted by molar-refractivity contribution is -0.132. The first-order valence-electron chi connectivity index (χ1n) is 11.6. The second-order valence-corrected chi connectivity index (χ2v) is 8.62. The van der Waals surface area contributed by atoms with E-state index in [2.05, 4.69) is 6.58 Å². The highest BCUT2D eigenvalue weighted by atomic mass is 16.5. The summed E-state index contributed by atoms with van der Waals surface area (Å²) in [5.41, 5.74) is 2.04. The Balaban J connectivity index is 1.71. The molecule has 0 heterocycles. The van der Waals surface area contributed by atoms with E-state index in [1.165, 1.54) is 25.0 Å². The van der Waals surface area contributed by atoms with Crippen molar-refractivity contribution in [3.05, 3.63) is 59.2 Å². The summed E-state index contributed by atoms with van der Waals surface area (Å²) >= 11 is 0. The Morgan fingerprint density at radius 1 is 1.15 bits per heavy atom. The summed E-state index contributed by atoms with van der Waals surface area (Å²) in [4.78, 5) is 23.5. The third-order valence-corrected chi connectivity index (χ3v) is 5.92. The first-order valence-corrected chi connectivity index (χ1v) is 11.6. The fourth-order valence-electron chi connectivity index (χ4n) is 3.88. The van der Waals surface area contributed by atoms with Crippen LogP contribution < -0.4 is 4.74 Å². The van der Waals surface area contributed by atoms with E-state index in [-0.39, 0.29) is 17.1 Å². The van der Waals surface area contributed by atoms with Crippen LogP contribution >= 0.6 is 0 Å². The number of allylic oxidation sites excluding steroid dienone is 2. The van der Waals surface area contributed by atoms with Crippen molar-refractivity contribution >= 4 is 11.8 Å². The van der Waals surface area contributed by atoms with Crippen LogP contribution in [0.15, 0.2) is 48.1 Å². The van der Waals surface area contributed by atoms with Gasteiger partial charge in [-0.3, -0.25) is 4.79 Å². The lowest BCUT2D eigenvalue weighted by atomic mass is 9.95. The molecule has 2 N–H and O–H groups in total. The lowest BCUT2D eigenvalue weighted by Gasteiger charge is -2.14. The van der Waals surface area contributed by atoms with Crippen molar-refractivity contribution in [3.8, 4) is 11.5 Å². The molecule has 0 radical (unpaired) electrons. The van der Waals surface area contributed by atoms with Gasteiger partial charge in [-0.25, -0.2) is 4.79 Å². The summed E-state index contributed by atoms with van der Waals surface area (Å²) < 4.78 is 11.4. The number of ether oxygens (including phenoxy) is 2. The minimum atomic E-state index is -1.01. The molecule has 1 aromatic rings. The van der Waals surface area contributed by atoms with E-state index < -0.39 is 5.97 Å². The molecule has 0 unspecified atom stereocenters. The second kappa shape index (κ2) is 13.6. The second-order valence-electron chi connectivity index (χ2n) is 8.62. The van der Waals surface area contributed by atoms with Crippen molar-refractivity contribution in [1.29, 1.82) is 0 Å². The van der Waals surface area contributed by atoms with Gasteiger partial charge < -0.3 is 19.7 Å². The van der Waals surface area contributed by atoms with E-state index in [0.717, 1.165) is 31.3 Å². The molecule has 33 heavy (non-hydrogen) atoms. The molecule has 1 saturated carbocycles. The number of ketones is 1. The number of hydrogen-bond acceptors (Lipinski definition) is 5. The number of rotatable bonds is 14. The Kier molecular flexibility index (Phi) is 10.9. The van der Waals surface area contributed by atoms with Gasteiger partial charge in [0.2, 0.25) is 0 Å². The van der Waals surface area contributed by atoms with Crippen molar-refractivity contribution in [2.75, 3.05) is 19.8 Å². The molecule has 0 saturated heterocycles. The number of carbonyl (C=O) groups excluding carboxylic acids is 1. The molecule has 2 rings (SSSR count). The van der Waals surface area contributed by atoms with Gasteiger partial charge >= 0.3 is 5.97 Å². The fraction of sp³-hybridized carbons (Fsp3) is 0.481. The number of aromatic hydroxyl groups is 1. The number of hydrogen-bond donors (Lipinski definition) is 2. The molecular formula is C27H36O6. The highest BCUT2D eigenvalue weighted by Gasteiger charge is 2.22. The van der Waals surface area contributed by atoms with Crippen LogP contribution in [0.2, 0.25) is 0 Å². The molecule has 0 aromatic heterocycles. The average Bonchev–Trinajstić information content (AvgIpc) is 3.29. The zero-order valence-corrected chi connectivity index (χ0v) is 19.8. The number of aliphatic carboxylic acids is 1. The topological polar surface area (TPSA) is 93.1 Å². The highest BCUT2D eigenvalue weighted by Crippen LogP contribution is 2.34. The van der Waals surface area contributed by atoms with Crippen molar-refractivity contribution in [2.24, 2.45) is 5.92 Å². The summed E-state index contributed by atoms with van der Waals surface area (Å²) in [5, 5.41) is 19.4. The molecule has 1 aliphatic carbocycles. The van der Waals surface area contributed by atoms with Crippen LogP contribution in [0, 0.1) is 12.8 Å². The van der Waals surface area contributed by atoms with Crippen LogP contribution in [-0.4, -0.2) is 41.8 Å². The largest absolute Gasteiger partial charge is 0.507 e. The van der Waals surface area contributed by atoms with Crippen LogP contribution in [0.3, 0.4) is 0 Å². The predicted molar refractivity (Wildman–Crippen MR) is 129 cm³/mol. The molecule has 0 spiro atoms. The minimum absolute atomic E-state index is 0.00899. The monoisotopic (exact) mass is 456 g/mol. The number of carboxylic acids is 1. The zero-order chi connectivity index (χ0) is 24.2. The van der Waals surface area contributed by atoms with Crippen LogP contribution in [0.5, 0.6) is 11.5 Å². The molecule has 0 bridgehead atoms. The average molecular weight is 457 g/mol. The predicted octanol–water partition coefficient (Wildman–Crippen LogP) is 5.78. The van der Waals surface area contributed by atoms with Gasteiger partial charge in [0.1, 0.15) is 11.5 Å². The van der Waals surface area contributed by atoms with E-state index in [1.54, 1.807) is 25.1 Å². The normalized spacial score (nSPS) is 15.0. The van der Waals surface area contributed by atoms with Gasteiger partial charge in [-0.05, 0) is 56.4 Å². The summed E-state index contributed by atoms with van der Waals surface area (Å²) in [6.07, 6.45) is 11.2. The van der Waals surface area contributed by atoms with Crippen LogP contribution in [-0.2, 0) is 9.53 Å². The molecule has 1 fully saturated rings. The van der Waals surface area contributed by atoms with Crippen molar-refractivity contribution in [1.82, 2.24) is 0 Å². The maximum Gasteiger partial charge on any atom is 0.335 e. The first-order chi connectivity index (χ1) is 15.8. The van der Waals surface area contributed by atoms with Crippen LogP contribution in [0.25, 0.3) is 0 Å². The van der Waals surface area contributed by atoms with Crippen molar-refractivity contribution < 1.29 is 29.3 Å². The number of benzene rings is 1. The molecule has 1 aliphatic rings. The minimum Gasteiger partial charge on any atom is -0.507 e. The molecule has 0 amide bonds. The first kappa shape index (κ1) is 26.4. The Morgan fingerprint density at radius 2 is 1.85 bits per heavy atom. The van der Waals surface area contributed by atoms with E-state index in [4.69, 9.17) is 14.6 Å². The summed E-state index contributed by atoms with van der Waals surface area (Å²) in [5.74, 6) is 0.0597. The van der Waals surface area contributed by atoms with Gasteiger partial charge in [0.25, 0.3) is 0 Å². The van der Waals surface area contributed by atoms with Crippen molar-refractivity contribution in [3.63, 3.8) is 0 Å². The van der Waals surface area contributed by atoms with Gasteiger partial charge in [0.15, 0.2) is 5.78 Å². The standard InChI is InChI=1S/C27H36O6/c1-4-22(27(30)31)12-11-19(2)18-32-15-7-8-16-33-25-14-13-23(26(29)20(25)3)24(28)17-21-9-5-6-10-21/h4,11-14,21,29H,1,5-10,15-18H2,2-3H3,(H,30,31)/b19-11-,22-12+. The van der Waals surface area contributed by atoms with Gasteiger partial charge in [0, 0.05) is 18.6 Å². The van der Waals surface area contributed by atoms with Gasteiger partial charge in [-0.15, -0.1) is 0 Å². The van der Waals surface area contributed by atoms with E-state index in [1.807, 2.05) is 6.92 Å². The van der Waals surface area contributed by atoms with Gasteiger partial charge in [0.05, 0.1) is 24.4 Å². The molecule has 0 atom stereocenters. The third kappa shape index (κ3) is 8.54. The Hall–Kier alpha value is -2.86. The number of carboxylic acid groups (broad SMARTS) is 1. The molecule has 0 aliphatic heterocycles. The number of phenols is 1. The van der Waals surface area contributed by atoms with Crippen molar-refractivity contribution in [2.45, 2.75) is 58.8 Å². The van der Waals surface area contributed by atoms with E-state index in [0.29, 0.717) is 49.0 Å². The highest BCUT2D eigenvalue weighted by molar-refractivity contribution is 5.99. The molecule has 6 heteroatoms. The van der Waals surface area contributed by atoms with Gasteiger partial charge in [-0.1, -0.05) is 44.4 Å². The molecule has 1 aromatic carbocycles. The smallest absolute Gasteiger partial charge is 0.335 e. The maximum atomic E-state index is 12.6. The lowest BCUT2D eigenvalue weighted by Crippen LogP contribution is -2.08. The fourth-order valence-corrected chi connectivity index (χ4v) is 3.88. The SMILES string of the molecule is C=C/C(=C\C=C(\C)COCCCCOc1ccc(C(=O)CC2CCCC2)c(O)c1C)C(=O)O. The molecule has 6 nitrogen and oxygen atoms in total. The Bertz CT molecular complexity index is 890. The molecule has 180 valence electrons. The third-order valence-electron chi connectivity index (χ3n) is 5.92. The summed E-state index contributed by atoms with van der Waals surface area (Å²) in [6.45, 7) is 8.59. The van der Waals surface area contributed by atoms with Gasteiger partial charge in [-0.2, -0.15) is 0 Å². The zero-order valence-electron chi connectivity index (χ0n) is 19.8. The maximum absolute atomic E-state index is 12.6. The quantitative estimate of drug-likeness (QED) is 0.159. The number of unbranched alkanes of at least 4 members (excludes halogenated alkanes) is 1. The van der Waals surface area contributed by atoms with E-state index in [9.17, 15) is 14.7 Å². The number of carbonyl (C=O) groups is 2. The van der Waals surface area contributed by atoms with Crippen LogP contribution in [0.4, 0.5) is 0 Å².